The Morgan fingerprint density at radius 2 is 1.57 bits per heavy atom. The number of alkyl carbamates (subject to hydrolysis) is 1. The largest absolute Gasteiger partial charge is 0.465 e. The van der Waals surface area contributed by atoms with Crippen LogP contribution in [0.2, 0.25) is 0 Å². The van der Waals surface area contributed by atoms with Crippen molar-refractivity contribution in [2.75, 3.05) is 18.9 Å². The van der Waals surface area contributed by atoms with Crippen molar-refractivity contribution in [1.82, 2.24) is 10.6 Å². The van der Waals surface area contributed by atoms with Gasteiger partial charge in [-0.1, -0.05) is 60.7 Å². The van der Waals surface area contributed by atoms with Gasteiger partial charge in [0.2, 0.25) is 5.91 Å². The van der Waals surface area contributed by atoms with E-state index in [4.69, 9.17) is 9.47 Å². The Morgan fingerprint density at radius 3 is 2.20 bits per heavy atom. The van der Waals surface area contributed by atoms with Crippen LogP contribution in [0.3, 0.4) is 0 Å². The fourth-order valence-electron chi connectivity index (χ4n) is 2.45. The van der Waals surface area contributed by atoms with Crippen molar-refractivity contribution in [3.8, 4) is 0 Å². The molecule has 1 unspecified atom stereocenters. The summed E-state index contributed by atoms with van der Waals surface area (Å²) in [6, 6.07) is 18.2. The molecule has 7 nitrogen and oxygen atoms in total. The summed E-state index contributed by atoms with van der Waals surface area (Å²) < 4.78 is 10.0. The molecule has 2 amide bonds. The maximum absolute atomic E-state index is 12.5. The molecule has 0 heterocycles. The Labute approximate surface area is 180 Å². The van der Waals surface area contributed by atoms with E-state index >= 15 is 0 Å². The van der Waals surface area contributed by atoms with Crippen molar-refractivity contribution in [1.29, 1.82) is 0 Å². The lowest BCUT2D eigenvalue weighted by Gasteiger charge is -2.18. The van der Waals surface area contributed by atoms with Crippen LogP contribution in [0.15, 0.2) is 60.7 Å². The summed E-state index contributed by atoms with van der Waals surface area (Å²) in [6.07, 6.45) is -0.699. The molecule has 30 heavy (non-hydrogen) atoms. The smallest absolute Gasteiger partial charge is 0.408 e. The molecule has 0 radical (unpaired) electrons. The first kappa shape index (κ1) is 23.3. The summed E-state index contributed by atoms with van der Waals surface area (Å²) in [7, 11) is 0. The third-order valence-electron chi connectivity index (χ3n) is 3.93. The van der Waals surface area contributed by atoms with Crippen molar-refractivity contribution in [3.63, 3.8) is 0 Å². The van der Waals surface area contributed by atoms with Gasteiger partial charge in [0.15, 0.2) is 0 Å². The van der Waals surface area contributed by atoms with Gasteiger partial charge in [-0.05, 0) is 18.1 Å². The predicted octanol–water partition coefficient (Wildman–Crippen LogP) is 2.89. The summed E-state index contributed by atoms with van der Waals surface area (Å²) >= 11 is 1.50. The summed E-state index contributed by atoms with van der Waals surface area (Å²) in [5.74, 6) is 0.00112. The number of benzene rings is 2. The topological polar surface area (TPSA) is 93.7 Å². The molecule has 0 fully saturated rings. The monoisotopic (exact) mass is 430 g/mol. The zero-order valence-corrected chi connectivity index (χ0v) is 17.7. The highest BCUT2D eigenvalue weighted by Crippen LogP contribution is 2.13. The Bertz CT molecular complexity index is 802. The molecule has 2 N–H and O–H groups in total. The van der Waals surface area contributed by atoms with Crippen molar-refractivity contribution >= 4 is 29.7 Å². The van der Waals surface area contributed by atoms with E-state index in [0.29, 0.717) is 11.5 Å². The number of rotatable bonds is 11. The van der Waals surface area contributed by atoms with E-state index in [-0.39, 0.29) is 19.8 Å². The SMILES string of the molecule is CCOC(=O)CNC(=O)C(CSCc1ccccc1)NC(=O)OCc1ccccc1. The summed E-state index contributed by atoms with van der Waals surface area (Å²) in [5, 5.41) is 5.08. The Balaban J connectivity index is 1.88. The van der Waals surface area contributed by atoms with E-state index in [1.807, 2.05) is 60.7 Å². The quantitative estimate of drug-likeness (QED) is 0.533. The van der Waals surface area contributed by atoms with Crippen molar-refractivity contribution in [2.24, 2.45) is 0 Å². The molecule has 160 valence electrons. The van der Waals surface area contributed by atoms with Gasteiger partial charge in [0.05, 0.1) is 6.61 Å². The van der Waals surface area contributed by atoms with Gasteiger partial charge < -0.3 is 20.1 Å². The summed E-state index contributed by atoms with van der Waals surface area (Å²) in [5.41, 5.74) is 1.95. The number of amides is 2. The molecule has 1 atom stereocenters. The average Bonchev–Trinajstić information content (AvgIpc) is 2.77. The number of carbonyl (C=O) groups excluding carboxylic acids is 3. The first-order valence-electron chi connectivity index (χ1n) is 9.60. The number of carbonyl (C=O) groups is 3. The first-order valence-corrected chi connectivity index (χ1v) is 10.8. The average molecular weight is 431 g/mol. The van der Waals surface area contributed by atoms with Gasteiger partial charge in [-0.2, -0.15) is 11.8 Å². The number of thioether (sulfide) groups is 1. The number of ether oxygens (including phenoxy) is 2. The second-order valence-corrected chi connectivity index (χ2v) is 7.31. The molecular weight excluding hydrogens is 404 g/mol. The molecule has 2 aromatic carbocycles. The molecular formula is C22H26N2O5S. The predicted molar refractivity (Wildman–Crippen MR) is 116 cm³/mol. The molecule has 2 aromatic rings. The van der Waals surface area contributed by atoms with Crippen LogP contribution in [0.5, 0.6) is 0 Å². The minimum absolute atomic E-state index is 0.0982. The summed E-state index contributed by atoms with van der Waals surface area (Å²) in [6.45, 7) is 1.76. The first-order chi connectivity index (χ1) is 14.6. The fourth-order valence-corrected chi connectivity index (χ4v) is 3.47. The van der Waals surface area contributed by atoms with E-state index in [1.165, 1.54) is 11.8 Å². The number of hydrogen-bond acceptors (Lipinski definition) is 6. The second-order valence-electron chi connectivity index (χ2n) is 6.28. The highest BCUT2D eigenvalue weighted by atomic mass is 32.2. The minimum Gasteiger partial charge on any atom is -0.465 e. The van der Waals surface area contributed by atoms with Crippen LogP contribution in [0.25, 0.3) is 0 Å². The van der Waals surface area contributed by atoms with Gasteiger partial charge in [0, 0.05) is 11.5 Å². The second kappa shape index (κ2) is 13.3. The van der Waals surface area contributed by atoms with E-state index in [9.17, 15) is 14.4 Å². The molecule has 0 aliphatic carbocycles. The Morgan fingerprint density at radius 1 is 0.933 bits per heavy atom. The van der Waals surface area contributed by atoms with Gasteiger partial charge in [0.25, 0.3) is 0 Å². The molecule has 0 saturated carbocycles. The normalized spacial score (nSPS) is 11.2. The Hall–Kier alpha value is -3.00. The molecule has 2 rings (SSSR count). The van der Waals surface area contributed by atoms with Gasteiger partial charge in [0.1, 0.15) is 19.2 Å². The number of nitrogens with one attached hydrogen (secondary N) is 2. The van der Waals surface area contributed by atoms with E-state index in [1.54, 1.807) is 6.92 Å². The van der Waals surface area contributed by atoms with E-state index in [2.05, 4.69) is 10.6 Å². The zero-order chi connectivity index (χ0) is 21.6. The standard InChI is InChI=1S/C22H26N2O5S/c1-2-28-20(25)13-23-21(26)19(16-30-15-18-11-7-4-8-12-18)24-22(27)29-14-17-9-5-3-6-10-17/h3-12,19H,2,13-16H2,1H3,(H,23,26)(H,24,27). The lowest BCUT2D eigenvalue weighted by Crippen LogP contribution is -2.49. The van der Waals surface area contributed by atoms with Crippen LogP contribution in [-0.2, 0) is 31.4 Å². The molecule has 0 spiro atoms. The summed E-state index contributed by atoms with van der Waals surface area (Å²) in [4.78, 5) is 36.2. The van der Waals surface area contributed by atoms with Crippen LogP contribution < -0.4 is 10.6 Å². The third kappa shape index (κ3) is 9.00. The molecule has 0 aromatic heterocycles. The van der Waals surface area contributed by atoms with Crippen molar-refractivity contribution in [3.05, 3.63) is 71.8 Å². The highest BCUT2D eigenvalue weighted by Gasteiger charge is 2.22. The van der Waals surface area contributed by atoms with Crippen LogP contribution in [-0.4, -0.2) is 42.9 Å². The maximum atomic E-state index is 12.5. The highest BCUT2D eigenvalue weighted by molar-refractivity contribution is 7.98. The molecule has 8 heteroatoms. The fraction of sp³-hybridized carbons (Fsp3) is 0.318. The third-order valence-corrected chi connectivity index (χ3v) is 5.04. The Kier molecular flexibility index (Phi) is 10.3. The molecule has 0 aliphatic rings. The van der Waals surface area contributed by atoms with Crippen LogP contribution in [0.1, 0.15) is 18.1 Å². The number of hydrogen-bond donors (Lipinski definition) is 2. The van der Waals surface area contributed by atoms with Gasteiger partial charge >= 0.3 is 12.1 Å². The number of esters is 1. The van der Waals surface area contributed by atoms with Crippen LogP contribution in [0, 0.1) is 0 Å². The van der Waals surface area contributed by atoms with E-state index < -0.39 is 24.0 Å². The minimum atomic E-state index is -0.851. The maximum Gasteiger partial charge on any atom is 0.408 e. The van der Waals surface area contributed by atoms with Crippen molar-refractivity contribution in [2.45, 2.75) is 25.3 Å². The van der Waals surface area contributed by atoms with E-state index in [0.717, 1.165) is 11.1 Å². The van der Waals surface area contributed by atoms with Crippen molar-refractivity contribution < 1.29 is 23.9 Å². The molecule has 0 saturated heterocycles. The van der Waals surface area contributed by atoms with Crippen LogP contribution in [0.4, 0.5) is 4.79 Å². The zero-order valence-electron chi connectivity index (χ0n) is 16.8. The lowest BCUT2D eigenvalue weighted by molar-refractivity contribution is -0.143. The van der Waals surface area contributed by atoms with Gasteiger partial charge in [-0.15, -0.1) is 0 Å². The lowest BCUT2D eigenvalue weighted by atomic mass is 10.2. The van der Waals surface area contributed by atoms with Crippen LogP contribution >= 0.6 is 11.8 Å². The van der Waals surface area contributed by atoms with Gasteiger partial charge in [-0.3, -0.25) is 9.59 Å². The molecule has 0 aliphatic heterocycles. The molecule has 0 bridgehead atoms. The van der Waals surface area contributed by atoms with Gasteiger partial charge in [-0.25, -0.2) is 4.79 Å².